The van der Waals surface area contributed by atoms with Gasteiger partial charge in [0.25, 0.3) is 0 Å². The van der Waals surface area contributed by atoms with Crippen LogP contribution in [0.25, 0.3) is 0 Å². The first kappa shape index (κ1) is 21.8. The van der Waals surface area contributed by atoms with E-state index in [0.29, 0.717) is 12.1 Å². The minimum absolute atomic E-state index is 0. The van der Waals surface area contributed by atoms with Crippen LogP contribution in [0.5, 0.6) is 0 Å². The second-order valence-electron chi connectivity index (χ2n) is 7.03. The van der Waals surface area contributed by atoms with Gasteiger partial charge in [-0.1, -0.05) is 12.8 Å². The summed E-state index contributed by atoms with van der Waals surface area (Å²) in [6.07, 6.45) is 7.16. The molecule has 0 bridgehead atoms. The lowest BCUT2D eigenvalue weighted by Crippen LogP contribution is -2.57. The van der Waals surface area contributed by atoms with E-state index in [9.17, 15) is 0 Å². The molecule has 6 nitrogen and oxygen atoms in total. The molecule has 1 saturated carbocycles. The van der Waals surface area contributed by atoms with Gasteiger partial charge in [-0.15, -0.1) is 24.0 Å². The van der Waals surface area contributed by atoms with Crippen molar-refractivity contribution in [2.75, 3.05) is 37.7 Å². The van der Waals surface area contributed by atoms with Gasteiger partial charge in [-0.25, -0.2) is 4.99 Å². The number of rotatable bonds is 6. The number of guanidine groups is 1. The molecule has 3 rings (SSSR count). The van der Waals surface area contributed by atoms with Crippen LogP contribution in [0.4, 0.5) is 0 Å². The van der Waals surface area contributed by atoms with Gasteiger partial charge in [0, 0.05) is 56.5 Å². The zero-order valence-corrected chi connectivity index (χ0v) is 19.2. The summed E-state index contributed by atoms with van der Waals surface area (Å²) in [6, 6.07) is 2.02. The van der Waals surface area contributed by atoms with Crippen molar-refractivity contribution in [3.8, 4) is 0 Å². The molecule has 0 amide bonds. The number of hydrogen-bond acceptors (Lipinski definition) is 4. The van der Waals surface area contributed by atoms with E-state index in [0.717, 1.165) is 24.7 Å². The maximum absolute atomic E-state index is 4.76. The zero-order chi connectivity index (χ0) is 17.5. The maximum Gasteiger partial charge on any atom is 0.191 e. The molecule has 1 saturated heterocycles. The second kappa shape index (κ2) is 10.8. The van der Waals surface area contributed by atoms with Gasteiger partial charge >= 0.3 is 0 Å². The topological polar surface area (TPSA) is 57.5 Å². The number of aliphatic imine (C=N–C) groups is 1. The van der Waals surface area contributed by atoms with Gasteiger partial charge in [0.05, 0.1) is 12.2 Å². The van der Waals surface area contributed by atoms with Crippen LogP contribution in [0.3, 0.4) is 0 Å². The Labute approximate surface area is 179 Å². The summed E-state index contributed by atoms with van der Waals surface area (Å²) < 4.78 is 1.89. The minimum Gasteiger partial charge on any atom is -0.357 e. The molecule has 1 aromatic rings. The molecule has 1 aliphatic carbocycles. The van der Waals surface area contributed by atoms with E-state index in [2.05, 4.69) is 39.3 Å². The Morgan fingerprint density at radius 3 is 2.62 bits per heavy atom. The van der Waals surface area contributed by atoms with Crippen LogP contribution in [0.15, 0.2) is 17.3 Å². The Morgan fingerprint density at radius 1 is 1.27 bits per heavy atom. The van der Waals surface area contributed by atoms with Crippen LogP contribution in [0.1, 0.15) is 38.3 Å². The number of aromatic nitrogens is 2. The van der Waals surface area contributed by atoms with Gasteiger partial charge in [-0.3, -0.25) is 9.58 Å². The van der Waals surface area contributed by atoms with E-state index in [1.54, 1.807) is 0 Å². The molecule has 0 unspecified atom stereocenters. The first-order valence-corrected chi connectivity index (χ1v) is 10.7. The summed E-state index contributed by atoms with van der Waals surface area (Å²) in [5.41, 5.74) is 1.45. The molecule has 0 radical (unpaired) electrons. The van der Waals surface area contributed by atoms with Crippen LogP contribution < -0.4 is 10.6 Å². The molecular formula is C18H33IN6S. The van der Waals surface area contributed by atoms with Gasteiger partial charge in [0.2, 0.25) is 0 Å². The normalized spacial score (nSPS) is 20.6. The van der Waals surface area contributed by atoms with Crippen molar-refractivity contribution in [3.05, 3.63) is 18.0 Å². The predicted octanol–water partition coefficient (Wildman–Crippen LogP) is 2.45. The van der Waals surface area contributed by atoms with Gasteiger partial charge in [-0.2, -0.15) is 16.9 Å². The maximum atomic E-state index is 4.76. The number of thioether (sulfide) groups is 1. The Kier molecular flexibility index (Phi) is 9.02. The van der Waals surface area contributed by atoms with E-state index in [1.807, 2.05) is 24.0 Å². The Bertz CT molecular complexity index is 564. The number of aryl methyl sites for hydroxylation is 1. The molecule has 1 aromatic heterocycles. The minimum atomic E-state index is 0. The van der Waals surface area contributed by atoms with Gasteiger partial charge in [0.15, 0.2) is 5.96 Å². The van der Waals surface area contributed by atoms with Crippen LogP contribution in [-0.4, -0.2) is 63.9 Å². The molecule has 0 aromatic carbocycles. The van der Waals surface area contributed by atoms with E-state index in [4.69, 9.17) is 4.99 Å². The van der Waals surface area contributed by atoms with Gasteiger partial charge < -0.3 is 10.6 Å². The summed E-state index contributed by atoms with van der Waals surface area (Å²) in [5, 5.41) is 11.3. The first-order chi connectivity index (χ1) is 12.2. The lowest BCUT2D eigenvalue weighted by Gasteiger charge is -2.43. The Morgan fingerprint density at radius 2 is 2.00 bits per heavy atom. The van der Waals surface area contributed by atoms with Gasteiger partial charge in [0.1, 0.15) is 0 Å². The fourth-order valence-electron chi connectivity index (χ4n) is 3.98. The highest BCUT2D eigenvalue weighted by Crippen LogP contribution is 2.36. The number of nitrogens with zero attached hydrogens (tertiary/aromatic N) is 4. The molecule has 2 heterocycles. The van der Waals surface area contributed by atoms with Crippen molar-refractivity contribution >= 4 is 41.7 Å². The van der Waals surface area contributed by atoms with E-state index >= 15 is 0 Å². The summed E-state index contributed by atoms with van der Waals surface area (Å²) in [4.78, 5) is 7.51. The molecule has 2 N–H and O–H groups in total. The summed E-state index contributed by atoms with van der Waals surface area (Å²) in [5.74, 6) is 3.47. The van der Waals surface area contributed by atoms with Crippen molar-refractivity contribution < 1.29 is 0 Å². The molecule has 148 valence electrons. The molecule has 2 aliphatic rings. The molecule has 8 heteroatoms. The summed E-state index contributed by atoms with van der Waals surface area (Å²) in [6.45, 7) is 7.11. The van der Waals surface area contributed by atoms with Crippen LogP contribution in [0.2, 0.25) is 0 Å². The van der Waals surface area contributed by atoms with Crippen molar-refractivity contribution in [2.24, 2.45) is 12.0 Å². The highest BCUT2D eigenvalue weighted by atomic mass is 127. The standard InChI is InChI=1S/C18H32N6S.HI/c1-3-19-17(20-14-16-6-9-22-23(16)2)21-15-18(7-4-5-8-18)24-10-12-25-13-11-24;/h6,9H,3-5,7-8,10-15H2,1-2H3,(H2,19,20,21);1H. The number of halogens is 1. The van der Waals surface area contributed by atoms with Crippen LogP contribution in [0, 0.1) is 0 Å². The number of hydrogen-bond donors (Lipinski definition) is 2. The third-order valence-corrected chi connectivity index (χ3v) is 6.41. The smallest absolute Gasteiger partial charge is 0.191 e. The summed E-state index contributed by atoms with van der Waals surface area (Å²) in [7, 11) is 1.97. The van der Waals surface area contributed by atoms with Gasteiger partial charge in [-0.05, 0) is 25.8 Å². The van der Waals surface area contributed by atoms with Crippen molar-refractivity contribution in [1.82, 2.24) is 25.3 Å². The monoisotopic (exact) mass is 492 g/mol. The molecule has 0 atom stereocenters. The fraction of sp³-hybridized carbons (Fsp3) is 0.778. The lowest BCUT2D eigenvalue weighted by molar-refractivity contribution is 0.107. The highest BCUT2D eigenvalue weighted by Gasteiger charge is 2.39. The molecule has 0 spiro atoms. The van der Waals surface area contributed by atoms with Crippen LogP contribution >= 0.6 is 35.7 Å². The Hall–Kier alpha value is -0.480. The lowest BCUT2D eigenvalue weighted by atomic mass is 9.94. The van der Waals surface area contributed by atoms with Crippen molar-refractivity contribution in [1.29, 1.82) is 0 Å². The zero-order valence-electron chi connectivity index (χ0n) is 16.0. The average Bonchev–Trinajstić information content (AvgIpc) is 3.28. The molecular weight excluding hydrogens is 459 g/mol. The molecule has 2 fully saturated rings. The third-order valence-electron chi connectivity index (χ3n) is 5.47. The Balaban J connectivity index is 0.00000243. The predicted molar refractivity (Wildman–Crippen MR) is 122 cm³/mol. The third kappa shape index (κ3) is 5.51. The summed E-state index contributed by atoms with van der Waals surface area (Å²) >= 11 is 2.09. The van der Waals surface area contributed by atoms with E-state index in [-0.39, 0.29) is 24.0 Å². The second-order valence-corrected chi connectivity index (χ2v) is 8.25. The highest BCUT2D eigenvalue weighted by molar-refractivity contribution is 14.0. The van der Waals surface area contributed by atoms with Crippen molar-refractivity contribution in [3.63, 3.8) is 0 Å². The first-order valence-electron chi connectivity index (χ1n) is 9.55. The quantitative estimate of drug-likeness (QED) is 0.363. The average molecular weight is 492 g/mol. The van der Waals surface area contributed by atoms with Crippen molar-refractivity contribution in [2.45, 2.75) is 44.7 Å². The number of nitrogens with one attached hydrogen (secondary N) is 2. The van der Waals surface area contributed by atoms with Crippen LogP contribution in [-0.2, 0) is 13.6 Å². The molecule has 26 heavy (non-hydrogen) atoms. The largest absolute Gasteiger partial charge is 0.357 e. The fourth-order valence-corrected chi connectivity index (χ4v) is 4.89. The molecule has 1 aliphatic heterocycles. The SMILES string of the molecule is CCNC(=NCc1ccnn1C)NCC1(N2CCSCC2)CCCC1.I. The van der Waals surface area contributed by atoms with E-state index in [1.165, 1.54) is 50.3 Å². The van der Waals surface area contributed by atoms with E-state index < -0.39 is 0 Å².